The molecule has 0 aliphatic rings. The number of benzene rings is 2. The highest BCUT2D eigenvalue weighted by Gasteiger charge is 2.22. The zero-order valence-electron chi connectivity index (χ0n) is 24.9. The summed E-state index contributed by atoms with van der Waals surface area (Å²) in [7, 11) is -4.30. The molecule has 0 amide bonds. The van der Waals surface area contributed by atoms with E-state index >= 15 is 0 Å². The first-order valence-corrected chi connectivity index (χ1v) is 17.1. The van der Waals surface area contributed by atoms with Gasteiger partial charge in [-0.05, 0) is 54.0 Å². The third-order valence-corrected chi connectivity index (χ3v) is 8.87. The van der Waals surface area contributed by atoms with Crippen molar-refractivity contribution in [3.05, 3.63) is 41.5 Å². The normalized spacial score (nSPS) is 12.3. The van der Waals surface area contributed by atoms with Gasteiger partial charge in [0.2, 0.25) is 0 Å². The van der Waals surface area contributed by atoms with Crippen LogP contribution in [0.15, 0.2) is 35.2 Å². The van der Waals surface area contributed by atoms with Gasteiger partial charge in [-0.25, -0.2) is 0 Å². The van der Waals surface area contributed by atoms with E-state index < -0.39 is 10.1 Å². The lowest BCUT2D eigenvalue weighted by Crippen LogP contribution is -2.08. The Balaban J connectivity index is 1.96. The van der Waals surface area contributed by atoms with Gasteiger partial charge in [0.15, 0.2) is 0 Å². The Hall–Kier alpha value is -1.39. The Morgan fingerprint density at radius 2 is 1.08 bits per heavy atom. The van der Waals surface area contributed by atoms with E-state index in [1.54, 1.807) is 0 Å². The maximum Gasteiger partial charge on any atom is 0.295 e. The molecule has 0 heterocycles. The van der Waals surface area contributed by atoms with Crippen LogP contribution in [0.4, 0.5) is 0 Å². The van der Waals surface area contributed by atoms with Gasteiger partial charge in [0.25, 0.3) is 10.1 Å². The monoisotopic (exact) mass is 544 g/mol. The fraction of sp³-hybridized carbons (Fsp3) is 0.706. The van der Waals surface area contributed by atoms with Crippen molar-refractivity contribution in [2.24, 2.45) is 11.8 Å². The molecule has 0 fully saturated rings. The first kappa shape index (κ1) is 32.8. The molecule has 0 aliphatic carbocycles. The molecule has 4 heteroatoms. The summed E-state index contributed by atoms with van der Waals surface area (Å²) in [6.07, 6.45) is 21.5. The highest BCUT2D eigenvalue weighted by atomic mass is 32.2. The summed E-state index contributed by atoms with van der Waals surface area (Å²) in [6.45, 7) is 9.17. The third-order valence-electron chi connectivity index (χ3n) is 7.89. The van der Waals surface area contributed by atoms with E-state index in [1.165, 1.54) is 83.5 Å². The SMILES string of the molecule is CC(C)CCCCCCCCCc1cc2ccccc2c(S(=O)(=O)O)c1CCCCCCCCCC(C)C. The number of hydrogen-bond donors (Lipinski definition) is 1. The molecule has 0 unspecified atom stereocenters. The predicted molar refractivity (Wildman–Crippen MR) is 165 cm³/mol. The summed E-state index contributed by atoms with van der Waals surface area (Å²) in [5.74, 6) is 1.60. The van der Waals surface area contributed by atoms with E-state index in [0.29, 0.717) is 5.39 Å². The van der Waals surface area contributed by atoms with Crippen LogP contribution < -0.4 is 0 Å². The maximum atomic E-state index is 12.6. The van der Waals surface area contributed by atoms with Crippen molar-refractivity contribution >= 4 is 20.9 Å². The van der Waals surface area contributed by atoms with Gasteiger partial charge in [-0.15, -0.1) is 0 Å². The van der Waals surface area contributed by atoms with Crippen LogP contribution in [0.3, 0.4) is 0 Å². The predicted octanol–water partition coefficient (Wildman–Crippen LogP) is 10.7. The Labute approximate surface area is 235 Å². The van der Waals surface area contributed by atoms with Gasteiger partial charge in [0.1, 0.15) is 4.90 Å². The summed E-state index contributed by atoms with van der Waals surface area (Å²) in [4.78, 5) is 0.157. The highest BCUT2D eigenvalue weighted by Crippen LogP contribution is 2.32. The van der Waals surface area contributed by atoms with Crippen LogP contribution in [0.1, 0.15) is 142 Å². The second-order valence-electron chi connectivity index (χ2n) is 12.4. The zero-order chi connectivity index (χ0) is 27.8. The average molecular weight is 545 g/mol. The molecule has 2 aromatic rings. The second-order valence-corrected chi connectivity index (χ2v) is 13.7. The standard InChI is InChI=1S/C34H56O3S/c1-28(2)21-15-11-7-5-9-13-17-23-30-27-31-24-19-20-26-33(31)34(38(35,36)37)32(30)25-18-14-10-6-8-12-16-22-29(3)4/h19-20,24,26-29H,5-18,21-23,25H2,1-4H3,(H,35,36,37). The van der Waals surface area contributed by atoms with Gasteiger partial charge in [-0.3, -0.25) is 4.55 Å². The van der Waals surface area contributed by atoms with Gasteiger partial charge >= 0.3 is 0 Å². The summed E-state index contributed by atoms with van der Waals surface area (Å²) < 4.78 is 35.5. The van der Waals surface area contributed by atoms with E-state index in [-0.39, 0.29) is 4.90 Å². The van der Waals surface area contributed by atoms with Crippen molar-refractivity contribution in [1.29, 1.82) is 0 Å². The number of aryl methyl sites for hydroxylation is 1. The molecule has 0 radical (unpaired) electrons. The molecular formula is C34H56O3S. The van der Waals surface area contributed by atoms with E-state index in [0.717, 1.165) is 60.5 Å². The second kappa shape index (κ2) is 18.1. The molecule has 0 aromatic heterocycles. The van der Waals surface area contributed by atoms with Crippen LogP contribution >= 0.6 is 0 Å². The summed E-state index contributed by atoms with van der Waals surface area (Å²) >= 11 is 0. The van der Waals surface area contributed by atoms with E-state index in [2.05, 4.69) is 33.8 Å². The average Bonchev–Trinajstić information content (AvgIpc) is 2.85. The van der Waals surface area contributed by atoms with Crippen molar-refractivity contribution in [2.45, 2.75) is 148 Å². The number of unbranched alkanes of at least 4 members (excludes halogenated alkanes) is 12. The van der Waals surface area contributed by atoms with Gasteiger partial charge in [0.05, 0.1) is 0 Å². The molecule has 2 aromatic carbocycles. The first-order chi connectivity index (χ1) is 18.2. The molecule has 0 spiro atoms. The van der Waals surface area contributed by atoms with Crippen LogP contribution in [-0.4, -0.2) is 13.0 Å². The van der Waals surface area contributed by atoms with E-state index in [9.17, 15) is 13.0 Å². The topological polar surface area (TPSA) is 54.4 Å². The molecule has 0 saturated heterocycles. The quantitative estimate of drug-likeness (QED) is 0.126. The molecule has 0 atom stereocenters. The number of rotatable bonds is 21. The van der Waals surface area contributed by atoms with Crippen molar-refractivity contribution < 1.29 is 13.0 Å². The summed E-state index contributed by atoms with van der Waals surface area (Å²) in [5.41, 5.74) is 1.97. The lowest BCUT2D eigenvalue weighted by molar-refractivity contribution is 0.482. The van der Waals surface area contributed by atoms with E-state index in [4.69, 9.17) is 0 Å². The Morgan fingerprint density at radius 1 is 0.632 bits per heavy atom. The van der Waals surface area contributed by atoms with Crippen molar-refractivity contribution in [3.63, 3.8) is 0 Å². The number of fused-ring (bicyclic) bond motifs is 1. The molecule has 3 nitrogen and oxygen atoms in total. The maximum absolute atomic E-state index is 12.6. The molecule has 1 N–H and O–H groups in total. The Morgan fingerprint density at radius 3 is 1.58 bits per heavy atom. The zero-order valence-corrected chi connectivity index (χ0v) is 25.8. The molecule has 38 heavy (non-hydrogen) atoms. The lowest BCUT2D eigenvalue weighted by Gasteiger charge is -2.17. The van der Waals surface area contributed by atoms with Crippen molar-refractivity contribution in [2.75, 3.05) is 0 Å². The van der Waals surface area contributed by atoms with Crippen molar-refractivity contribution in [1.82, 2.24) is 0 Å². The molecule has 0 aliphatic heterocycles. The fourth-order valence-electron chi connectivity index (χ4n) is 5.69. The molecule has 2 rings (SSSR count). The van der Waals surface area contributed by atoms with Crippen LogP contribution in [-0.2, 0) is 23.0 Å². The number of hydrogen-bond acceptors (Lipinski definition) is 2. The van der Waals surface area contributed by atoms with Crippen LogP contribution in [0.2, 0.25) is 0 Å². The lowest BCUT2D eigenvalue weighted by atomic mass is 9.93. The van der Waals surface area contributed by atoms with Crippen LogP contribution in [0.5, 0.6) is 0 Å². The van der Waals surface area contributed by atoms with Crippen LogP contribution in [0, 0.1) is 11.8 Å². The third kappa shape index (κ3) is 12.6. The van der Waals surface area contributed by atoms with E-state index in [1.807, 2.05) is 24.3 Å². The van der Waals surface area contributed by atoms with Gasteiger partial charge < -0.3 is 0 Å². The van der Waals surface area contributed by atoms with Crippen LogP contribution in [0.25, 0.3) is 10.8 Å². The molecule has 0 saturated carbocycles. The van der Waals surface area contributed by atoms with Gasteiger partial charge in [-0.2, -0.15) is 8.42 Å². The minimum Gasteiger partial charge on any atom is -0.282 e. The largest absolute Gasteiger partial charge is 0.295 e. The minimum atomic E-state index is -4.30. The summed E-state index contributed by atoms with van der Waals surface area (Å²) in [5, 5.41) is 1.56. The minimum absolute atomic E-state index is 0.157. The highest BCUT2D eigenvalue weighted by molar-refractivity contribution is 7.86. The molecule has 0 bridgehead atoms. The fourth-order valence-corrected chi connectivity index (χ4v) is 6.70. The first-order valence-electron chi connectivity index (χ1n) is 15.7. The summed E-state index contributed by atoms with van der Waals surface area (Å²) in [6, 6.07) is 9.79. The molecule has 216 valence electrons. The Kier molecular flexibility index (Phi) is 15.6. The molecular weight excluding hydrogens is 488 g/mol. The van der Waals surface area contributed by atoms with Gasteiger partial charge in [-0.1, -0.05) is 148 Å². The van der Waals surface area contributed by atoms with Crippen molar-refractivity contribution in [3.8, 4) is 0 Å². The van der Waals surface area contributed by atoms with Gasteiger partial charge in [0, 0.05) is 5.39 Å². The smallest absolute Gasteiger partial charge is 0.282 e. The Bertz CT molecular complexity index is 1020.